The summed E-state index contributed by atoms with van der Waals surface area (Å²) in [5.41, 5.74) is 1.78. The van der Waals surface area contributed by atoms with E-state index in [1.165, 1.54) is 4.90 Å². The molecule has 1 aliphatic heterocycles. The number of ether oxygens (including phenoxy) is 1. The van der Waals surface area contributed by atoms with Gasteiger partial charge in [-0.1, -0.05) is 36.4 Å². The molecule has 1 heterocycles. The topological polar surface area (TPSA) is 53.0 Å². The van der Waals surface area contributed by atoms with E-state index in [4.69, 9.17) is 4.74 Å². The predicted molar refractivity (Wildman–Crippen MR) is 91.8 cm³/mol. The van der Waals surface area contributed by atoms with E-state index in [1.54, 1.807) is 0 Å². The van der Waals surface area contributed by atoms with Gasteiger partial charge in [-0.15, -0.1) is 6.58 Å². The minimum absolute atomic E-state index is 0.401. The van der Waals surface area contributed by atoms with Gasteiger partial charge in [-0.3, -0.25) is 9.80 Å². The smallest absolute Gasteiger partial charge is 0.413 e. The van der Waals surface area contributed by atoms with Gasteiger partial charge in [0.2, 0.25) is 0 Å². The number of likely N-dealkylation sites (N-methyl/N-ethyl adjacent to an activating group) is 1. The number of benzene rings is 1. The van der Waals surface area contributed by atoms with Gasteiger partial charge in [0.15, 0.2) is 0 Å². The first-order valence-corrected chi connectivity index (χ1v) is 7.79. The molecule has 0 spiro atoms. The van der Waals surface area contributed by atoms with Crippen molar-refractivity contribution < 1.29 is 14.6 Å². The van der Waals surface area contributed by atoms with Crippen LogP contribution in [0.15, 0.2) is 49.1 Å². The van der Waals surface area contributed by atoms with Crippen molar-refractivity contribution in [3.63, 3.8) is 0 Å². The Bertz CT molecular complexity index is 571. The molecule has 1 unspecified atom stereocenters. The summed E-state index contributed by atoms with van der Waals surface area (Å²) in [5, 5.41) is 9.50. The zero-order chi connectivity index (χ0) is 16.7. The number of carbonyl (C=O) groups is 1. The van der Waals surface area contributed by atoms with Crippen LogP contribution in [0.3, 0.4) is 0 Å². The van der Waals surface area contributed by atoms with Crippen molar-refractivity contribution in [2.45, 2.75) is 19.1 Å². The molecule has 124 valence electrons. The normalized spacial score (nSPS) is 17.5. The minimum Gasteiger partial charge on any atom is -0.465 e. The maximum atomic E-state index is 11.6. The van der Waals surface area contributed by atoms with E-state index in [9.17, 15) is 9.90 Å². The Morgan fingerprint density at radius 1 is 1.43 bits per heavy atom. The van der Waals surface area contributed by atoms with Gasteiger partial charge in [0.05, 0.1) is 12.3 Å². The van der Waals surface area contributed by atoms with Crippen LogP contribution in [0.1, 0.15) is 12.0 Å². The van der Waals surface area contributed by atoms with Crippen molar-refractivity contribution in [2.75, 3.05) is 31.6 Å². The first kappa shape index (κ1) is 17.2. The van der Waals surface area contributed by atoms with Crippen LogP contribution in [0.25, 0.3) is 0 Å². The number of hydrogen-bond donors (Lipinski definition) is 1. The van der Waals surface area contributed by atoms with Crippen LogP contribution < -0.4 is 4.90 Å². The van der Waals surface area contributed by atoms with Crippen LogP contribution in [-0.4, -0.2) is 49.1 Å². The highest BCUT2D eigenvalue weighted by atomic mass is 16.5. The fourth-order valence-corrected chi connectivity index (χ4v) is 2.69. The Labute approximate surface area is 137 Å². The first-order valence-electron chi connectivity index (χ1n) is 7.79. The lowest BCUT2D eigenvalue weighted by atomic mass is 10.0. The van der Waals surface area contributed by atoms with Crippen LogP contribution in [0.4, 0.5) is 10.5 Å². The standard InChI is InChI=1S/C18H24N2O3/c1-3-12-19(2)13-6-7-14-23-17-11-10-15-8-4-5-9-16(15)20(17)18(21)22/h3-9,17H,1,10-14H2,2H3,(H,21,22)/b7-6+. The molecule has 23 heavy (non-hydrogen) atoms. The van der Waals surface area contributed by atoms with E-state index in [2.05, 4.69) is 11.5 Å². The molecule has 1 N–H and O–H groups in total. The monoisotopic (exact) mass is 316 g/mol. The van der Waals surface area contributed by atoms with Crippen LogP contribution in [0, 0.1) is 0 Å². The van der Waals surface area contributed by atoms with Gasteiger partial charge in [0.25, 0.3) is 0 Å². The highest BCUT2D eigenvalue weighted by Gasteiger charge is 2.31. The summed E-state index contributed by atoms with van der Waals surface area (Å²) in [6.45, 7) is 5.74. The zero-order valence-electron chi connectivity index (χ0n) is 13.5. The Balaban J connectivity index is 1.91. The average molecular weight is 316 g/mol. The molecule has 0 saturated heterocycles. The highest BCUT2D eigenvalue weighted by molar-refractivity contribution is 5.88. The Hall–Kier alpha value is -2.11. The van der Waals surface area contributed by atoms with Crippen molar-refractivity contribution in [3.05, 3.63) is 54.6 Å². The van der Waals surface area contributed by atoms with E-state index < -0.39 is 12.3 Å². The third kappa shape index (κ3) is 4.68. The maximum absolute atomic E-state index is 11.6. The molecule has 1 amide bonds. The molecule has 0 aliphatic carbocycles. The third-order valence-electron chi connectivity index (χ3n) is 3.82. The van der Waals surface area contributed by atoms with E-state index >= 15 is 0 Å². The molecule has 5 heteroatoms. The molecule has 2 rings (SSSR count). The third-order valence-corrected chi connectivity index (χ3v) is 3.82. The summed E-state index contributed by atoms with van der Waals surface area (Å²) in [4.78, 5) is 15.0. The molecule has 5 nitrogen and oxygen atoms in total. The number of hydrogen-bond acceptors (Lipinski definition) is 3. The largest absolute Gasteiger partial charge is 0.465 e. The lowest BCUT2D eigenvalue weighted by Crippen LogP contribution is -2.44. The lowest BCUT2D eigenvalue weighted by molar-refractivity contribution is 0.0606. The van der Waals surface area contributed by atoms with Crippen LogP contribution in [-0.2, 0) is 11.2 Å². The van der Waals surface area contributed by atoms with Gasteiger partial charge >= 0.3 is 6.09 Å². The minimum atomic E-state index is -0.975. The van der Waals surface area contributed by atoms with Gasteiger partial charge < -0.3 is 9.84 Å². The molecule has 0 saturated carbocycles. The molecule has 1 aliphatic rings. The van der Waals surface area contributed by atoms with Crippen LogP contribution in [0.5, 0.6) is 0 Å². The number of para-hydroxylation sites is 1. The molecule has 0 radical (unpaired) electrons. The average Bonchev–Trinajstić information content (AvgIpc) is 2.54. The summed E-state index contributed by atoms with van der Waals surface area (Å²) in [5.74, 6) is 0. The number of anilines is 1. The summed E-state index contributed by atoms with van der Waals surface area (Å²) in [6, 6.07) is 7.59. The van der Waals surface area contributed by atoms with Gasteiger partial charge in [0, 0.05) is 13.1 Å². The quantitative estimate of drug-likeness (QED) is 0.785. The molecule has 1 atom stereocenters. The number of nitrogens with zero attached hydrogens (tertiary/aromatic N) is 2. The van der Waals surface area contributed by atoms with Gasteiger partial charge in [-0.25, -0.2) is 4.79 Å². The number of aryl methyl sites for hydroxylation is 1. The predicted octanol–water partition coefficient (Wildman–Crippen LogP) is 3.13. The molecule has 0 bridgehead atoms. The fraction of sp³-hybridized carbons (Fsp3) is 0.389. The van der Waals surface area contributed by atoms with Gasteiger partial charge in [-0.05, 0) is 31.5 Å². The number of fused-ring (bicyclic) bond motifs is 1. The second-order valence-electron chi connectivity index (χ2n) is 5.59. The van der Waals surface area contributed by atoms with Crippen molar-refractivity contribution in [3.8, 4) is 0 Å². The molecule has 0 fully saturated rings. The van der Waals surface area contributed by atoms with Crippen molar-refractivity contribution >= 4 is 11.8 Å². The molecular formula is C18H24N2O3. The summed E-state index contributed by atoms with van der Waals surface area (Å²) in [7, 11) is 2.01. The lowest BCUT2D eigenvalue weighted by Gasteiger charge is -2.34. The summed E-state index contributed by atoms with van der Waals surface area (Å²) >= 11 is 0. The van der Waals surface area contributed by atoms with Crippen molar-refractivity contribution in [1.82, 2.24) is 4.90 Å². The number of amides is 1. The van der Waals surface area contributed by atoms with E-state index in [-0.39, 0.29) is 0 Å². The molecular weight excluding hydrogens is 292 g/mol. The van der Waals surface area contributed by atoms with E-state index in [1.807, 2.05) is 49.5 Å². The zero-order valence-corrected chi connectivity index (χ0v) is 13.5. The summed E-state index contributed by atoms with van der Waals surface area (Å²) < 4.78 is 5.78. The molecule has 1 aromatic carbocycles. The van der Waals surface area contributed by atoms with Crippen molar-refractivity contribution in [2.24, 2.45) is 0 Å². The second kappa shape index (κ2) is 8.50. The van der Waals surface area contributed by atoms with E-state index in [0.717, 1.165) is 30.8 Å². The highest BCUT2D eigenvalue weighted by Crippen LogP contribution is 2.31. The SMILES string of the molecule is C=CCN(C)C/C=C/COC1CCc2ccccc2N1C(=O)O. The number of rotatable bonds is 7. The Morgan fingerprint density at radius 3 is 2.96 bits per heavy atom. The fourth-order valence-electron chi connectivity index (χ4n) is 2.69. The Kier molecular flexibility index (Phi) is 6.38. The second-order valence-corrected chi connectivity index (χ2v) is 5.59. The molecule has 0 aromatic heterocycles. The van der Waals surface area contributed by atoms with E-state index in [0.29, 0.717) is 13.0 Å². The van der Waals surface area contributed by atoms with Gasteiger partial charge in [0.1, 0.15) is 6.23 Å². The molecule has 1 aromatic rings. The first-order chi connectivity index (χ1) is 11.1. The van der Waals surface area contributed by atoms with Crippen LogP contribution >= 0.6 is 0 Å². The summed E-state index contributed by atoms with van der Waals surface area (Å²) in [6.07, 6.45) is 5.90. The number of carboxylic acid groups (broad SMARTS) is 1. The van der Waals surface area contributed by atoms with Gasteiger partial charge in [-0.2, -0.15) is 0 Å². The van der Waals surface area contributed by atoms with Crippen molar-refractivity contribution in [1.29, 1.82) is 0 Å². The van der Waals surface area contributed by atoms with Crippen LogP contribution in [0.2, 0.25) is 0 Å². The Morgan fingerprint density at radius 2 is 2.22 bits per heavy atom. The maximum Gasteiger partial charge on any atom is 0.413 e.